The maximum atomic E-state index is 5.80. The van der Waals surface area contributed by atoms with Crippen molar-refractivity contribution >= 4 is 16.6 Å². The molecule has 1 N–H and O–H groups in total. The molecule has 2 aromatic heterocycles. The smallest absolute Gasteiger partial charge is 0.158 e. The van der Waals surface area contributed by atoms with E-state index in [9.17, 15) is 0 Å². The topological polar surface area (TPSA) is 73.7 Å². The summed E-state index contributed by atoms with van der Waals surface area (Å²) in [4.78, 5) is 2.66. The van der Waals surface area contributed by atoms with Gasteiger partial charge in [-0.05, 0) is 52.7 Å². The van der Waals surface area contributed by atoms with Gasteiger partial charge in [-0.1, -0.05) is 19.3 Å². The predicted octanol–water partition coefficient (Wildman–Crippen LogP) is 5.20. The van der Waals surface area contributed by atoms with E-state index in [2.05, 4.69) is 44.9 Å². The van der Waals surface area contributed by atoms with Crippen LogP contribution in [0, 0.1) is 20.8 Å². The van der Waals surface area contributed by atoms with Gasteiger partial charge in [-0.25, -0.2) is 0 Å². The summed E-state index contributed by atoms with van der Waals surface area (Å²) < 4.78 is 19.5. The van der Waals surface area contributed by atoms with Gasteiger partial charge < -0.3 is 24.1 Å². The molecule has 0 bridgehead atoms. The lowest BCUT2D eigenvalue weighted by Crippen LogP contribution is -2.58. The first-order valence-electron chi connectivity index (χ1n) is 13.7. The first-order valence-corrected chi connectivity index (χ1v) is 13.7. The fourth-order valence-electron chi connectivity index (χ4n) is 6.48. The molecule has 0 unspecified atom stereocenters. The number of ether oxygens (including phenoxy) is 3. The molecule has 1 saturated carbocycles. The summed E-state index contributed by atoms with van der Waals surface area (Å²) in [7, 11) is 1.71. The molecule has 3 heterocycles. The third-order valence-corrected chi connectivity index (χ3v) is 8.30. The highest BCUT2D eigenvalue weighted by atomic mass is 16.5. The Morgan fingerprint density at radius 3 is 2.43 bits per heavy atom. The monoisotopic (exact) mass is 507 g/mol. The van der Waals surface area contributed by atoms with Crippen LogP contribution in [-0.2, 0) is 4.74 Å². The van der Waals surface area contributed by atoms with Gasteiger partial charge >= 0.3 is 0 Å². The van der Waals surface area contributed by atoms with E-state index in [1.807, 2.05) is 26.0 Å². The van der Waals surface area contributed by atoms with Crippen molar-refractivity contribution in [2.75, 3.05) is 51.9 Å². The summed E-state index contributed by atoms with van der Waals surface area (Å²) in [5.41, 5.74) is 4.32. The van der Waals surface area contributed by atoms with Gasteiger partial charge in [0.2, 0.25) is 0 Å². The van der Waals surface area contributed by atoms with Crippen molar-refractivity contribution in [3.63, 3.8) is 0 Å². The van der Waals surface area contributed by atoms with Gasteiger partial charge in [0.25, 0.3) is 0 Å². The molecule has 0 spiro atoms. The molecular formula is C29H41N5O3. The summed E-state index contributed by atoms with van der Waals surface area (Å²) in [5.74, 6) is 2.44. The Morgan fingerprint density at radius 2 is 1.73 bits per heavy atom. The second-order valence-corrected chi connectivity index (χ2v) is 10.4. The number of hydrogen-bond acceptors (Lipinski definition) is 7. The van der Waals surface area contributed by atoms with E-state index in [4.69, 9.17) is 14.2 Å². The van der Waals surface area contributed by atoms with Gasteiger partial charge in [0, 0.05) is 53.4 Å². The lowest BCUT2D eigenvalue weighted by molar-refractivity contribution is -0.0318. The highest BCUT2D eigenvalue weighted by molar-refractivity contribution is 5.98. The van der Waals surface area contributed by atoms with Crippen molar-refractivity contribution in [1.29, 1.82) is 0 Å². The van der Waals surface area contributed by atoms with Gasteiger partial charge in [0.1, 0.15) is 11.5 Å². The van der Waals surface area contributed by atoms with E-state index in [1.54, 1.807) is 7.11 Å². The third-order valence-electron chi connectivity index (χ3n) is 8.30. The molecule has 1 aromatic carbocycles. The van der Waals surface area contributed by atoms with E-state index < -0.39 is 0 Å². The van der Waals surface area contributed by atoms with Crippen LogP contribution < -0.4 is 14.8 Å². The van der Waals surface area contributed by atoms with Crippen LogP contribution in [0.4, 0.5) is 5.82 Å². The average molecular weight is 508 g/mol. The van der Waals surface area contributed by atoms with Crippen LogP contribution in [0.15, 0.2) is 18.2 Å². The van der Waals surface area contributed by atoms with Crippen molar-refractivity contribution in [3.05, 3.63) is 35.3 Å². The number of rotatable bonds is 8. The van der Waals surface area contributed by atoms with Crippen LogP contribution in [0.1, 0.15) is 56.1 Å². The molecule has 200 valence electrons. The average Bonchev–Trinajstić information content (AvgIpc) is 3.20. The first kappa shape index (κ1) is 25.8. The molecule has 1 saturated heterocycles. The first-order chi connectivity index (χ1) is 18.0. The molecule has 8 heteroatoms. The Balaban J connectivity index is 1.54. The summed E-state index contributed by atoms with van der Waals surface area (Å²) in [6, 6.07) is 6.03. The number of fused-ring (bicyclic) bond motifs is 1. The zero-order valence-electron chi connectivity index (χ0n) is 23.0. The number of anilines is 1. The van der Waals surface area contributed by atoms with Crippen LogP contribution >= 0.6 is 0 Å². The number of morpholine rings is 1. The number of methoxy groups -OCH3 is 1. The van der Waals surface area contributed by atoms with Gasteiger partial charge in [0.15, 0.2) is 5.82 Å². The van der Waals surface area contributed by atoms with Gasteiger partial charge in [-0.3, -0.25) is 4.90 Å². The molecule has 1 aliphatic heterocycles. The maximum Gasteiger partial charge on any atom is 0.158 e. The molecular weight excluding hydrogens is 466 g/mol. The molecule has 0 radical (unpaired) electrons. The highest BCUT2D eigenvalue weighted by Crippen LogP contribution is 2.39. The second-order valence-electron chi connectivity index (χ2n) is 10.4. The molecule has 2 aliphatic rings. The standard InChI is InChI=1S/C29H41N5O3/c1-6-37-23-10-11-24(25(18-23)35-5)34-21(3)26-20(2)31-32-28(27(26)22(34)4)30-19-29(12-8-7-9-13-29)33-14-16-36-17-15-33/h10-11,18H,6-9,12-17,19H2,1-5H3,(H,30,32). The summed E-state index contributed by atoms with van der Waals surface area (Å²) in [6.45, 7) is 13.5. The van der Waals surface area contributed by atoms with Crippen LogP contribution in [0.5, 0.6) is 11.5 Å². The third kappa shape index (κ3) is 4.77. The van der Waals surface area contributed by atoms with E-state index in [0.717, 1.165) is 83.7 Å². The number of benzene rings is 1. The van der Waals surface area contributed by atoms with Crippen molar-refractivity contribution in [2.45, 2.75) is 65.3 Å². The Morgan fingerprint density at radius 1 is 1.00 bits per heavy atom. The Bertz CT molecular complexity index is 1240. The zero-order chi connectivity index (χ0) is 26.0. The quantitative estimate of drug-likeness (QED) is 0.449. The van der Waals surface area contributed by atoms with Crippen LogP contribution in [0.2, 0.25) is 0 Å². The Kier molecular flexibility index (Phi) is 7.58. The minimum absolute atomic E-state index is 0.144. The predicted molar refractivity (Wildman–Crippen MR) is 147 cm³/mol. The number of aromatic nitrogens is 3. The molecule has 3 aromatic rings. The number of nitrogens with one attached hydrogen (secondary N) is 1. The molecule has 8 nitrogen and oxygen atoms in total. The van der Waals surface area contributed by atoms with Crippen LogP contribution in [0.25, 0.3) is 16.5 Å². The highest BCUT2D eigenvalue weighted by Gasteiger charge is 2.38. The minimum Gasteiger partial charge on any atom is -0.494 e. The van der Waals surface area contributed by atoms with Crippen molar-refractivity contribution in [3.8, 4) is 17.2 Å². The van der Waals surface area contributed by atoms with E-state index in [1.165, 1.54) is 32.1 Å². The summed E-state index contributed by atoms with van der Waals surface area (Å²) in [5, 5.41) is 15.3. The lowest BCUT2D eigenvalue weighted by atomic mass is 9.79. The zero-order valence-corrected chi connectivity index (χ0v) is 23.0. The largest absolute Gasteiger partial charge is 0.494 e. The SMILES string of the molecule is CCOc1ccc(-n2c(C)c3c(C)nnc(NCC4(N5CCOCC5)CCCCC4)c3c2C)c(OC)c1. The van der Waals surface area contributed by atoms with Crippen molar-refractivity contribution in [1.82, 2.24) is 19.7 Å². The molecule has 37 heavy (non-hydrogen) atoms. The van der Waals surface area contributed by atoms with E-state index >= 15 is 0 Å². The van der Waals surface area contributed by atoms with Crippen LogP contribution in [-0.4, -0.2) is 71.8 Å². The summed E-state index contributed by atoms with van der Waals surface area (Å²) >= 11 is 0. The second kappa shape index (κ2) is 10.9. The lowest BCUT2D eigenvalue weighted by Gasteiger charge is -2.48. The number of hydrogen-bond donors (Lipinski definition) is 1. The Hall–Kier alpha value is -2.84. The number of nitrogens with zero attached hydrogens (tertiary/aromatic N) is 4. The fourth-order valence-corrected chi connectivity index (χ4v) is 6.48. The van der Waals surface area contributed by atoms with Crippen molar-refractivity contribution < 1.29 is 14.2 Å². The fraction of sp³-hybridized carbons (Fsp3) is 0.586. The van der Waals surface area contributed by atoms with E-state index in [-0.39, 0.29) is 5.54 Å². The minimum atomic E-state index is 0.144. The number of aryl methyl sites for hydroxylation is 3. The summed E-state index contributed by atoms with van der Waals surface area (Å²) in [6.07, 6.45) is 6.31. The molecule has 1 aliphatic carbocycles. The Labute approximate surface area is 220 Å². The normalized spacial score (nSPS) is 18.2. The van der Waals surface area contributed by atoms with Crippen LogP contribution in [0.3, 0.4) is 0 Å². The molecule has 0 atom stereocenters. The van der Waals surface area contributed by atoms with Gasteiger partial charge in [-0.2, -0.15) is 5.10 Å². The maximum absolute atomic E-state index is 5.80. The molecule has 0 amide bonds. The van der Waals surface area contributed by atoms with E-state index in [0.29, 0.717) is 6.61 Å². The van der Waals surface area contributed by atoms with Crippen molar-refractivity contribution in [2.24, 2.45) is 0 Å². The van der Waals surface area contributed by atoms with Gasteiger partial charge in [0.05, 0.1) is 38.3 Å². The molecule has 5 rings (SSSR count). The van der Waals surface area contributed by atoms with Gasteiger partial charge in [-0.15, -0.1) is 5.10 Å². The molecule has 2 fully saturated rings.